The molecule has 0 aromatic heterocycles. The number of rotatable bonds is 8. The zero-order valence-corrected chi connectivity index (χ0v) is 23.2. The van der Waals surface area contributed by atoms with Gasteiger partial charge in [0.05, 0.1) is 21.2 Å². The number of phenolic OH excluding ortho intramolecular Hbond substituents is 1. The van der Waals surface area contributed by atoms with Crippen molar-refractivity contribution in [2.45, 2.75) is 23.6 Å². The maximum Gasteiger partial charge on any atom is 0.294 e. The Labute approximate surface area is 232 Å². The quantitative estimate of drug-likeness (QED) is 0.0955. The van der Waals surface area contributed by atoms with Gasteiger partial charge in [-0.25, -0.2) is 0 Å². The Morgan fingerprint density at radius 3 is 2.12 bits per heavy atom. The molecule has 10 nitrogen and oxygen atoms in total. The van der Waals surface area contributed by atoms with Crippen LogP contribution >= 0.6 is 0 Å². The van der Waals surface area contributed by atoms with Crippen molar-refractivity contribution in [1.82, 2.24) is 0 Å². The minimum absolute atomic E-state index is 0.100. The molecule has 0 radical (unpaired) electrons. The van der Waals surface area contributed by atoms with Gasteiger partial charge in [-0.2, -0.15) is 16.8 Å². The predicted molar refractivity (Wildman–Crippen MR) is 157 cm³/mol. The second kappa shape index (κ2) is 12.2. The minimum atomic E-state index is -4.67. The first-order chi connectivity index (χ1) is 18.9. The summed E-state index contributed by atoms with van der Waals surface area (Å²) in [5.74, 6) is -0.411. The lowest BCUT2D eigenvalue weighted by Crippen LogP contribution is -1.99. The molecule has 0 atom stereocenters. The van der Waals surface area contributed by atoms with E-state index in [1.165, 1.54) is 36.4 Å². The van der Waals surface area contributed by atoms with Crippen molar-refractivity contribution < 1.29 is 31.0 Å². The van der Waals surface area contributed by atoms with Crippen LogP contribution in [0.3, 0.4) is 0 Å². The number of fused-ring (bicyclic) bond motifs is 2. The van der Waals surface area contributed by atoms with E-state index in [0.717, 1.165) is 12.1 Å². The van der Waals surface area contributed by atoms with Gasteiger partial charge in [-0.1, -0.05) is 51.3 Å². The summed E-state index contributed by atoms with van der Waals surface area (Å²) in [5.41, 5.74) is 1.22. The van der Waals surface area contributed by atoms with E-state index in [2.05, 4.69) is 28.7 Å². The Kier molecular flexibility index (Phi) is 9.22. The number of hydrogen-bond acceptors (Lipinski definition) is 8. The van der Waals surface area contributed by atoms with Crippen molar-refractivity contribution in [1.29, 1.82) is 0 Å². The van der Waals surface area contributed by atoms with Crippen LogP contribution in [0.15, 0.2) is 118 Å². The summed E-state index contributed by atoms with van der Waals surface area (Å²) in [6.07, 6.45) is 4.67. The van der Waals surface area contributed by atoms with Crippen LogP contribution in [0.25, 0.3) is 21.5 Å². The van der Waals surface area contributed by atoms with Gasteiger partial charge in [0.2, 0.25) is 0 Å². The summed E-state index contributed by atoms with van der Waals surface area (Å²) >= 11 is 0. The standard InChI is InChI=1S/C26H21N3O7S2.C2H6/c1-3-6-17(4-2)27-24-12-11-20-22(14-19(15-25(20)30)38(34,35)36)26(24)29-28-23-8-5-7-16-9-10-18(13-21(16)23)37(31,32)33;1-2/h3-15,27,30H,1-2H2,(H,31,32,33)(H,34,35,36);1-2H3/b17-6+,29-28?;. The molecular formula is C28H27N3O7S2. The summed E-state index contributed by atoms with van der Waals surface area (Å²) < 4.78 is 66.1. The summed E-state index contributed by atoms with van der Waals surface area (Å²) in [6.45, 7) is 11.4. The molecule has 0 unspecified atom stereocenters. The summed E-state index contributed by atoms with van der Waals surface area (Å²) in [5, 5.41) is 23.6. The molecule has 0 spiro atoms. The third kappa shape index (κ3) is 6.61. The minimum Gasteiger partial charge on any atom is -0.507 e. The van der Waals surface area contributed by atoms with E-state index in [0.29, 0.717) is 22.2 Å². The lowest BCUT2D eigenvalue weighted by molar-refractivity contribution is 0.471. The van der Waals surface area contributed by atoms with E-state index in [9.17, 15) is 31.0 Å². The smallest absolute Gasteiger partial charge is 0.294 e. The molecular weight excluding hydrogens is 554 g/mol. The van der Waals surface area contributed by atoms with Gasteiger partial charge in [0, 0.05) is 27.9 Å². The monoisotopic (exact) mass is 581 g/mol. The first kappa shape index (κ1) is 30.2. The third-order valence-corrected chi connectivity index (χ3v) is 7.22. The van der Waals surface area contributed by atoms with E-state index in [1.54, 1.807) is 30.3 Å². The molecule has 0 saturated heterocycles. The average molecular weight is 582 g/mol. The van der Waals surface area contributed by atoms with Gasteiger partial charge < -0.3 is 10.4 Å². The molecule has 4 rings (SSSR count). The Hall–Kier alpha value is -4.36. The SMILES string of the molecule is C=C/C=C(\C=C)Nc1ccc2c(O)cc(S(=O)(=O)O)cc2c1N=Nc1cccc2ccc(S(=O)(=O)O)cc12.CC. The Bertz CT molecular complexity index is 1900. The number of aromatic hydroxyl groups is 1. The number of phenols is 1. The second-order valence-electron chi connectivity index (χ2n) is 8.00. The fourth-order valence-corrected chi connectivity index (χ4v) is 4.80. The van der Waals surface area contributed by atoms with Gasteiger partial charge >= 0.3 is 0 Å². The predicted octanol–water partition coefficient (Wildman–Crippen LogP) is 7.30. The maximum atomic E-state index is 11.8. The van der Waals surface area contributed by atoms with Crippen molar-refractivity contribution in [3.63, 3.8) is 0 Å². The molecule has 4 N–H and O–H groups in total. The average Bonchev–Trinajstić information content (AvgIpc) is 2.91. The first-order valence-corrected chi connectivity index (χ1v) is 14.7. The largest absolute Gasteiger partial charge is 0.507 e. The second-order valence-corrected chi connectivity index (χ2v) is 10.8. The molecule has 0 amide bonds. The normalized spacial score (nSPS) is 12.2. The van der Waals surface area contributed by atoms with E-state index in [4.69, 9.17) is 0 Å². The van der Waals surface area contributed by atoms with E-state index >= 15 is 0 Å². The molecule has 0 saturated carbocycles. The summed E-state index contributed by atoms with van der Waals surface area (Å²) in [6, 6.07) is 14.2. The van der Waals surface area contributed by atoms with Gasteiger partial charge in [0.1, 0.15) is 11.4 Å². The third-order valence-electron chi connectivity index (χ3n) is 5.54. The molecule has 12 heteroatoms. The van der Waals surface area contributed by atoms with Crippen molar-refractivity contribution in [3.8, 4) is 5.75 Å². The molecule has 0 aliphatic carbocycles. The number of benzene rings is 4. The van der Waals surface area contributed by atoms with Gasteiger partial charge in [0.15, 0.2) is 0 Å². The van der Waals surface area contributed by atoms with Crippen LogP contribution in [-0.4, -0.2) is 31.0 Å². The van der Waals surface area contributed by atoms with Gasteiger partial charge in [-0.3, -0.25) is 9.11 Å². The van der Waals surface area contributed by atoms with Crippen molar-refractivity contribution in [2.24, 2.45) is 10.2 Å². The van der Waals surface area contributed by atoms with Crippen molar-refractivity contribution >= 4 is 58.8 Å². The molecule has 0 fully saturated rings. The Balaban J connectivity index is 0.00000216. The zero-order valence-electron chi connectivity index (χ0n) is 21.6. The van der Waals surface area contributed by atoms with Crippen LogP contribution in [0, 0.1) is 0 Å². The zero-order chi connectivity index (χ0) is 29.7. The van der Waals surface area contributed by atoms with Gasteiger partial charge in [0.25, 0.3) is 20.2 Å². The molecule has 40 heavy (non-hydrogen) atoms. The topological polar surface area (TPSA) is 166 Å². The van der Waals surface area contributed by atoms with Crippen LogP contribution in [0.2, 0.25) is 0 Å². The highest BCUT2D eigenvalue weighted by Crippen LogP contribution is 2.41. The van der Waals surface area contributed by atoms with Crippen molar-refractivity contribution in [2.75, 3.05) is 5.32 Å². The van der Waals surface area contributed by atoms with Gasteiger partial charge in [-0.05, 0) is 53.9 Å². The van der Waals surface area contributed by atoms with Crippen LogP contribution in [0.1, 0.15) is 13.8 Å². The molecule has 0 bridgehead atoms. The number of nitrogens with one attached hydrogen (secondary N) is 1. The molecule has 0 aliphatic rings. The number of azo groups is 1. The van der Waals surface area contributed by atoms with Crippen LogP contribution in [-0.2, 0) is 20.2 Å². The van der Waals surface area contributed by atoms with Crippen LogP contribution in [0.4, 0.5) is 17.1 Å². The van der Waals surface area contributed by atoms with Crippen molar-refractivity contribution in [3.05, 3.63) is 97.7 Å². The Morgan fingerprint density at radius 2 is 1.50 bits per heavy atom. The highest BCUT2D eigenvalue weighted by atomic mass is 32.2. The fraction of sp³-hybridized carbons (Fsp3) is 0.0714. The van der Waals surface area contributed by atoms with Crippen LogP contribution in [0.5, 0.6) is 5.75 Å². The number of anilines is 1. The van der Waals surface area contributed by atoms with Crippen LogP contribution < -0.4 is 5.32 Å². The molecule has 0 heterocycles. The number of hydrogen-bond donors (Lipinski definition) is 4. The van der Waals surface area contributed by atoms with E-state index in [-0.39, 0.29) is 27.0 Å². The molecule has 0 aliphatic heterocycles. The summed E-state index contributed by atoms with van der Waals surface area (Å²) in [4.78, 5) is -0.877. The van der Waals surface area contributed by atoms with E-state index < -0.39 is 30.9 Å². The van der Waals surface area contributed by atoms with E-state index in [1.807, 2.05) is 13.8 Å². The summed E-state index contributed by atoms with van der Waals surface area (Å²) in [7, 11) is -9.14. The number of nitrogens with zero attached hydrogens (tertiary/aromatic N) is 2. The first-order valence-electron chi connectivity index (χ1n) is 11.8. The molecule has 4 aromatic carbocycles. The maximum absolute atomic E-state index is 11.8. The van der Waals surface area contributed by atoms with Gasteiger partial charge in [-0.15, -0.1) is 10.2 Å². The molecule has 4 aromatic rings. The number of allylic oxidation sites excluding steroid dienone is 3. The highest BCUT2D eigenvalue weighted by molar-refractivity contribution is 7.86. The highest BCUT2D eigenvalue weighted by Gasteiger charge is 2.18. The lowest BCUT2D eigenvalue weighted by Gasteiger charge is -2.13. The fourth-order valence-electron chi connectivity index (χ4n) is 3.76. The Morgan fingerprint density at radius 1 is 0.825 bits per heavy atom. The lowest BCUT2D eigenvalue weighted by atomic mass is 10.1. The molecule has 208 valence electrons.